The number of ether oxygens (including phenoxy) is 1. The van der Waals surface area contributed by atoms with Crippen LogP contribution in [-0.2, 0) is 11.2 Å². The predicted octanol–water partition coefficient (Wildman–Crippen LogP) is 3.77. The van der Waals surface area contributed by atoms with Crippen LogP contribution in [0, 0.1) is 0 Å². The Balaban J connectivity index is 2.28. The maximum atomic E-state index is 12.7. The lowest BCUT2D eigenvalue weighted by Crippen LogP contribution is -2.47. The second-order valence-electron chi connectivity index (χ2n) is 6.80. The molecule has 2 rings (SSSR count). The van der Waals surface area contributed by atoms with Gasteiger partial charge in [-0.1, -0.05) is 6.92 Å². The molecule has 0 spiro atoms. The van der Waals surface area contributed by atoms with Crippen LogP contribution in [0.4, 0.5) is 0 Å². The van der Waals surface area contributed by atoms with E-state index in [1.807, 2.05) is 40.7 Å². The van der Waals surface area contributed by atoms with Crippen LogP contribution in [-0.4, -0.2) is 29.0 Å². The molecule has 0 N–H and O–H groups in total. The lowest BCUT2D eigenvalue weighted by Gasteiger charge is -2.33. The van der Waals surface area contributed by atoms with Crippen LogP contribution in [0.15, 0.2) is 33.5 Å². The van der Waals surface area contributed by atoms with Crippen molar-refractivity contribution in [2.75, 3.05) is 0 Å². The summed E-state index contributed by atoms with van der Waals surface area (Å²) in [4.78, 5) is 26.2. The van der Waals surface area contributed by atoms with Gasteiger partial charge >= 0.3 is 5.63 Å². The molecule has 0 saturated heterocycles. The van der Waals surface area contributed by atoms with Crippen LogP contribution in [0.5, 0.6) is 5.75 Å². The zero-order chi connectivity index (χ0) is 18.7. The van der Waals surface area contributed by atoms with E-state index in [9.17, 15) is 9.59 Å². The molecule has 0 unspecified atom stereocenters. The third-order valence-electron chi connectivity index (χ3n) is 4.21. The van der Waals surface area contributed by atoms with E-state index in [4.69, 9.17) is 9.15 Å². The van der Waals surface area contributed by atoms with E-state index in [1.165, 1.54) is 6.07 Å². The fourth-order valence-electron chi connectivity index (χ4n) is 3.15. The average Bonchev–Trinajstić information content (AvgIpc) is 2.52. The zero-order valence-electron chi connectivity index (χ0n) is 15.8. The SMILES string of the molecule is CCc1cc(=O)oc2cc(O[C@@H](C)C(=O)N(C(C)C)C(C)C)ccc12. The average molecular weight is 345 g/mol. The van der Waals surface area contributed by atoms with Gasteiger partial charge in [-0.25, -0.2) is 4.79 Å². The number of carbonyl (C=O) groups excluding carboxylic acids is 1. The molecule has 5 nitrogen and oxygen atoms in total. The number of fused-ring (bicyclic) bond motifs is 1. The van der Waals surface area contributed by atoms with Gasteiger partial charge in [-0.2, -0.15) is 0 Å². The van der Waals surface area contributed by atoms with E-state index >= 15 is 0 Å². The largest absolute Gasteiger partial charge is 0.481 e. The molecule has 0 aliphatic heterocycles. The molecular weight excluding hydrogens is 318 g/mol. The molecule has 0 radical (unpaired) electrons. The monoisotopic (exact) mass is 345 g/mol. The van der Waals surface area contributed by atoms with Crippen molar-refractivity contribution in [1.82, 2.24) is 4.90 Å². The van der Waals surface area contributed by atoms with E-state index in [0.29, 0.717) is 11.3 Å². The van der Waals surface area contributed by atoms with Gasteiger partial charge in [0.1, 0.15) is 11.3 Å². The fourth-order valence-corrected chi connectivity index (χ4v) is 3.15. The second kappa shape index (κ2) is 7.72. The van der Waals surface area contributed by atoms with Crippen molar-refractivity contribution < 1.29 is 13.9 Å². The summed E-state index contributed by atoms with van der Waals surface area (Å²) in [6.45, 7) is 11.7. The summed E-state index contributed by atoms with van der Waals surface area (Å²) in [7, 11) is 0. The Hall–Kier alpha value is -2.30. The third kappa shape index (κ3) is 4.21. The molecule has 0 aliphatic rings. The molecule has 1 heterocycles. The van der Waals surface area contributed by atoms with E-state index in [1.54, 1.807) is 24.0 Å². The summed E-state index contributed by atoms with van der Waals surface area (Å²) in [6.07, 6.45) is 0.123. The summed E-state index contributed by atoms with van der Waals surface area (Å²) in [6, 6.07) is 7.06. The van der Waals surface area contributed by atoms with Crippen molar-refractivity contribution in [2.45, 2.75) is 66.2 Å². The first kappa shape index (κ1) is 19.0. The first-order chi connectivity index (χ1) is 11.7. The van der Waals surface area contributed by atoms with Crippen LogP contribution < -0.4 is 10.4 Å². The van der Waals surface area contributed by atoms with Gasteiger partial charge < -0.3 is 14.1 Å². The molecule has 136 valence electrons. The summed E-state index contributed by atoms with van der Waals surface area (Å²) in [5.74, 6) is 0.450. The summed E-state index contributed by atoms with van der Waals surface area (Å²) in [5.41, 5.74) is 1.04. The molecule has 25 heavy (non-hydrogen) atoms. The molecule has 1 amide bonds. The number of hydrogen-bond acceptors (Lipinski definition) is 4. The molecular formula is C20H27NO4. The first-order valence-corrected chi connectivity index (χ1v) is 8.80. The smallest absolute Gasteiger partial charge is 0.336 e. The predicted molar refractivity (Wildman–Crippen MR) is 99.1 cm³/mol. The lowest BCUT2D eigenvalue weighted by atomic mass is 10.1. The van der Waals surface area contributed by atoms with E-state index < -0.39 is 6.10 Å². The van der Waals surface area contributed by atoms with Gasteiger partial charge in [-0.05, 0) is 58.7 Å². The quantitative estimate of drug-likeness (QED) is 0.748. The highest BCUT2D eigenvalue weighted by molar-refractivity contribution is 5.83. The Kier molecular flexibility index (Phi) is 5.88. The van der Waals surface area contributed by atoms with Gasteiger partial charge in [0, 0.05) is 29.6 Å². The summed E-state index contributed by atoms with van der Waals surface area (Å²) < 4.78 is 11.1. The summed E-state index contributed by atoms with van der Waals surface area (Å²) in [5, 5.41) is 0.888. The molecule has 0 saturated carbocycles. The topological polar surface area (TPSA) is 59.8 Å². The number of nitrogens with zero attached hydrogens (tertiary/aromatic N) is 1. The Morgan fingerprint density at radius 1 is 1.12 bits per heavy atom. The fraction of sp³-hybridized carbons (Fsp3) is 0.500. The van der Waals surface area contributed by atoms with Crippen molar-refractivity contribution in [3.8, 4) is 5.75 Å². The second-order valence-corrected chi connectivity index (χ2v) is 6.80. The van der Waals surface area contributed by atoms with Crippen molar-refractivity contribution in [1.29, 1.82) is 0 Å². The van der Waals surface area contributed by atoms with Gasteiger partial charge in [-0.15, -0.1) is 0 Å². The van der Waals surface area contributed by atoms with Crippen LogP contribution in [0.3, 0.4) is 0 Å². The third-order valence-corrected chi connectivity index (χ3v) is 4.21. The molecule has 1 aromatic heterocycles. The van der Waals surface area contributed by atoms with E-state index in [-0.39, 0.29) is 23.6 Å². The molecule has 2 aromatic rings. The van der Waals surface area contributed by atoms with Gasteiger partial charge in [0.25, 0.3) is 5.91 Å². The van der Waals surface area contributed by atoms with Crippen LogP contribution >= 0.6 is 0 Å². The minimum absolute atomic E-state index is 0.0612. The Morgan fingerprint density at radius 3 is 2.32 bits per heavy atom. The Bertz CT molecular complexity index is 799. The highest BCUT2D eigenvalue weighted by atomic mass is 16.5. The van der Waals surface area contributed by atoms with Gasteiger partial charge in [0.2, 0.25) is 0 Å². The Morgan fingerprint density at radius 2 is 1.76 bits per heavy atom. The first-order valence-electron chi connectivity index (χ1n) is 8.80. The number of amides is 1. The van der Waals surface area contributed by atoms with E-state index in [0.717, 1.165) is 17.4 Å². The highest BCUT2D eigenvalue weighted by Crippen LogP contribution is 2.24. The Labute approximate surface area is 148 Å². The number of hydrogen-bond donors (Lipinski definition) is 0. The van der Waals surface area contributed by atoms with Crippen LogP contribution in [0.2, 0.25) is 0 Å². The normalized spacial score (nSPS) is 12.6. The molecule has 1 atom stereocenters. The number of benzene rings is 1. The summed E-state index contributed by atoms with van der Waals surface area (Å²) >= 11 is 0. The van der Waals surface area contributed by atoms with E-state index in [2.05, 4.69) is 0 Å². The molecule has 0 fully saturated rings. The molecule has 1 aromatic carbocycles. The minimum Gasteiger partial charge on any atom is -0.481 e. The van der Waals surface area contributed by atoms with Crippen molar-refractivity contribution >= 4 is 16.9 Å². The number of rotatable bonds is 6. The maximum Gasteiger partial charge on any atom is 0.336 e. The standard InChI is InChI=1S/C20H27NO4/c1-7-15-10-19(22)25-18-11-16(8-9-17(15)18)24-14(6)20(23)21(12(2)3)13(4)5/h8-14H,7H2,1-6H3/t14-/m0/s1. The van der Waals surface area contributed by atoms with Gasteiger partial charge in [0.15, 0.2) is 6.10 Å². The van der Waals surface area contributed by atoms with Gasteiger partial charge in [0.05, 0.1) is 0 Å². The highest BCUT2D eigenvalue weighted by Gasteiger charge is 2.26. The van der Waals surface area contributed by atoms with Crippen molar-refractivity contribution in [2.24, 2.45) is 0 Å². The number of aryl methyl sites for hydroxylation is 1. The lowest BCUT2D eigenvalue weighted by molar-refractivity contribution is -0.141. The van der Waals surface area contributed by atoms with Gasteiger partial charge in [-0.3, -0.25) is 4.79 Å². The van der Waals surface area contributed by atoms with Crippen LogP contribution in [0.25, 0.3) is 11.0 Å². The molecule has 0 bridgehead atoms. The molecule has 5 heteroatoms. The van der Waals surface area contributed by atoms with Crippen LogP contribution in [0.1, 0.15) is 47.1 Å². The molecule has 0 aliphatic carbocycles. The van der Waals surface area contributed by atoms with Crippen molar-refractivity contribution in [3.63, 3.8) is 0 Å². The minimum atomic E-state index is -0.622. The zero-order valence-corrected chi connectivity index (χ0v) is 15.8. The number of carbonyl (C=O) groups is 1. The van der Waals surface area contributed by atoms with Crippen molar-refractivity contribution in [3.05, 3.63) is 40.2 Å². The maximum absolute atomic E-state index is 12.7.